The molecule has 1 saturated heterocycles. The first-order valence-corrected chi connectivity index (χ1v) is 18.9. The Morgan fingerprint density at radius 3 is 2.22 bits per heavy atom. The summed E-state index contributed by atoms with van der Waals surface area (Å²) in [6.07, 6.45) is -13.0. The number of ether oxygens (including phenoxy) is 5. The van der Waals surface area contributed by atoms with Gasteiger partial charge in [0.1, 0.15) is 35.6 Å². The smallest absolute Gasteiger partial charge is 0.408 e. The van der Waals surface area contributed by atoms with Crippen LogP contribution in [0.15, 0.2) is 71.7 Å². The standard InChI is InChI=1S/C43H53NO14/c1-22-26(55-37(51)32(48)30(24-15-11-9-12-16-24)44-38(52)58-39(3,4)5)20-43(53)35(56-36(50)25-17-13-10-14-18-25)33-41(8,34(49)31(47)29(22)40(43,6)7)27(46)19-28-42(33,21-54-28)57-23(2)45/h9-18,26-28,30-33,35,46-48,53H,19-21H2,1-8H3,(H,44,52)/t26-,27-,28+,30-,31+,32+,33-,35-,41+,42-,43+/m0/s1/i10D,13D,14D,17D,18D. The van der Waals surface area contributed by atoms with Crippen molar-refractivity contribution in [3.8, 4) is 0 Å². The molecule has 6 rings (SSSR count). The third-order valence-electron chi connectivity index (χ3n) is 12.3. The minimum Gasteiger partial charge on any atom is -0.456 e. The van der Waals surface area contributed by atoms with Gasteiger partial charge in [-0.25, -0.2) is 14.4 Å². The lowest BCUT2D eigenvalue weighted by molar-refractivity contribution is -0.346. The maximum absolute atomic E-state index is 15.1. The van der Waals surface area contributed by atoms with Crippen LogP contribution in [-0.2, 0) is 38.1 Å². The van der Waals surface area contributed by atoms with Gasteiger partial charge < -0.3 is 49.4 Å². The zero-order valence-corrected chi connectivity index (χ0v) is 33.5. The van der Waals surface area contributed by atoms with Crippen LogP contribution in [-0.4, -0.2) is 110 Å². The largest absolute Gasteiger partial charge is 0.456 e. The summed E-state index contributed by atoms with van der Waals surface area (Å²) in [7, 11) is 0. The number of rotatable bonds is 8. The van der Waals surface area contributed by atoms with E-state index in [1.807, 2.05) is 0 Å². The summed E-state index contributed by atoms with van der Waals surface area (Å²) in [4.78, 5) is 69.6. The maximum Gasteiger partial charge on any atom is 0.408 e. The van der Waals surface area contributed by atoms with Gasteiger partial charge >= 0.3 is 24.0 Å². The number of nitrogens with one attached hydrogen (secondary N) is 1. The van der Waals surface area contributed by atoms with Crippen molar-refractivity contribution in [1.82, 2.24) is 5.32 Å². The molecule has 1 heterocycles. The number of hydrogen-bond acceptors (Lipinski definition) is 14. The van der Waals surface area contributed by atoms with E-state index in [-0.39, 0.29) is 23.1 Å². The van der Waals surface area contributed by atoms with Gasteiger partial charge in [-0.2, -0.15) is 0 Å². The number of aliphatic hydroxyl groups is 4. The minimum atomic E-state index is -2.63. The fourth-order valence-electron chi connectivity index (χ4n) is 9.33. The molecule has 15 heteroatoms. The molecule has 0 unspecified atom stereocenters. The SMILES string of the molecule is [2H]c1c([2H])c([2H])c(C(=O)O[C@H]2[C@@H]3[C@]4(OC(C)=O)CO[C@@H]4C[C@H](O)[C@@]3(C)C(=O)[C@H](O)C3=C(C)[C@@H](OC(=O)[C@H](O)[C@@H](NC(=O)OC(C)(C)C)c4ccccc4)C[C@]2(O)C3(C)C)c([2H])c1[2H]. The van der Waals surface area contributed by atoms with Crippen molar-refractivity contribution in [2.45, 2.75) is 128 Å². The first-order valence-electron chi connectivity index (χ1n) is 21.4. The van der Waals surface area contributed by atoms with E-state index >= 15 is 4.79 Å². The number of amides is 1. The molecule has 314 valence electrons. The van der Waals surface area contributed by atoms with E-state index in [0.717, 1.165) is 6.92 Å². The number of hydrogen-bond donors (Lipinski definition) is 5. The van der Waals surface area contributed by atoms with Gasteiger partial charge in [-0.3, -0.25) is 9.59 Å². The molecule has 1 aliphatic heterocycles. The number of carbonyl (C=O) groups excluding carboxylic acids is 5. The third-order valence-corrected chi connectivity index (χ3v) is 12.3. The highest BCUT2D eigenvalue weighted by Gasteiger charge is 2.78. The summed E-state index contributed by atoms with van der Waals surface area (Å²) in [5, 5.41) is 51.8. The first-order chi connectivity index (χ1) is 29.1. The minimum absolute atomic E-state index is 0.0324. The Kier molecular flexibility index (Phi) is 9.52. The number of Topliss-reactive ketones (excluding diaryl/α,β-unsaturated/α-hetero) is 1. The first kappa shape index (κ1) is 36.4. The summed E-state index contributed by atoms with van der Waals surface area (Å²) in [6, 6.07) is 1.92. The van der Waals surface area contributed by atoms with Crippen LogP contribution >= 0.6 is 0 Å². The second kappa shape index (κ2) is 15.2. The highest BCUT2D eigenvalue weighted by molar-refractivity contribution is 5.94. The Balaban J connectivity index is 1.54. The number of aliphatic hydroxyl groups excluding tert-OH is 3. The Hall–Kier alpha value is -4.67. The molecule has 2 bridgehead atoms. The van der Waals surface area contributed by atoms with Crippen molar-refractivity contribution in [1.29, 1.82) is 0 Å². The molecular weight excluding hydrogens is 754 g/mol. The Bertz CT molecular complexity index is 2240. The van der Waals surface area contributed by atoms with Gasteiger partial charge in [0.15, 0.2) is 17.5 Å². The van der Waals surface area contributed by atoms with Gasteiger partial charge in [-0.15, -0.1) is 0 Å². The van der Waals surface area contributed by atoms with E-state index in [1.54, 1.807) is 39.0 Å². The van der Waals surface area contributed by atoms with Crippen LogP contribution in [0.1, 0.15) is 97.0 Å². The Morgan fingerprint density at radius 1 is 1.02 bits per heavy atom. The van der Waals surface area contributed by atoms with E-state index in [0.29, 0.717) is 0 Å². The fourth-order valence-corrected chi connectivity index (χ4v) is 9.33. The molecule has 4 aliphatic rings. The van der Waals surface area contributed by atoms with Crippen LogP contribution in [0.5, 0.6) is 0 Å². The molecular formula is C43H53NO14. The molecule has 2 aromatic carbocycles. The molecule has 3 aliphatic carbocycles. The van der Waals surface area contributed by atoms with E-state index < -0.39 is 155 Å². The fraction of sp³-hybridized carbons (Fsp3) is 0.558. The molecule has 1 amide bonds. The van der Waals surface area contributed by atoms with Gasteiger partial charge in [-0.1, -0.05) is 62.3 Å². The summed E-state index contributed by atoms with van der Waals surface area (Å²) in [5.41, 5.74) is -10.5. The van der Waals surface area contributed by atoms with E-state index in [1.165, 1.54) is 39.8 Å². The molecule has 0 aromatic heterocycles. The van der Waals surface area contributed by atoms with Gasteiger partial charge in [-0.05, 0) is 63.4 Å². The lowest BCUT2D eigenvalue weighted by atomic mass is 9.44. The molecule has 0 spiro atoms. The van der Waals surface area contributed by atoms with Gasteiger partial charge in [0.25, 0.3) is 0 Å². The van der Waals surface area contributed by atoms with Crippen molar-refractivity contribution in [3.05, 3.63) is 82.8 Å². The number of fused-ring (bicyclic) bond motifs is 5. The quantitative estimate of drug-likeness (QED) is 0.147. The molecule has 2 aromatic rings. The van der Waals surface area contributed by atoms with E-state index in [9.17, 15) is 39.6 Å². The van der Waals surface area contributed by atoms with Crippen molar-refractivity contribution < 1.29 is 74.9 Å². The van der Waals surface area contributed by atoms with Crippen LogP contribution in [0.4, 0.5) is 4.79 Å². The van der Waals surface area contributed by atoms with Crippen LogP contribution in [0.25, 0.3) is 0 Å². The zero-order chi connectivity index (χ0) is 47.1. The molecule has 11 atom stereocenters. The Morgan fingerprint density at radius 2 is 1.66 bits per heavy atom. The maximum atomic E-state index is 15.1. The number of esters is 3. The van der Waals surface area contributed by atoms with Gasteiger partial charge in [0.2, 0.25) is 0 Å². The van der Waals surface area contributed by atoms with Crippen LogP contribution in [0.3, 0.4) is 0 Å². The predicted octanol–water partition coefficient (Wildman–Crippen LogP) is 3.26. The predicted molar refractivity (Wildman–Crippen MR) is 204 cm³/mol. The average Bonchev–Trinajstić information content (AvgIpc) is 3.19. The van der Waals surface area contributed by atoms with E-state index in [4.69, 9.17) is 30.5 Å². The molecule has 5 N–H and O–H groups in total. The number of ketones is 1. The Labute approximate surface area is 343 Å². The second-order valence-electron chi connectivity index (χ2n) is 17.2. The monoisotopic (exact) mass is 812 g/mol. The second-order valence-corrected chi connectivity index (χ2v) is 17.2. The van der Waals surface area contributed by atoms with Crippen molar-refractivity contribution >= 4 is 29.8 Å². The van der Waals surface area contributed by atoms with Crippen molar-refractivity contribution in [3.63, 3.8) is 0 Å². The van der Waals surface area contributed by atoms with Crippen LogP contribution in [0.2, 0.25) is 0 Å². The van der Waals surface area contributed by atoms with E-state index in [2.05, 4.69) is 5.32 Å². The molecule has 3 fully saturated rings. The number of carbonyl (C=O) groups is 5. The average molecular weight is 813 g/mol. The summed E-state index contributed by atoms with van der Waals surface area (Å²) < 4.78 is 70.7. The molecule has 15 nitrogen and oxygen atoms in total. The van der Waals surface area contributed by atoms with Gasteiger partial charge in [0.05, 0.1) is 42.5 Å². The van der Waals surface area contributed by atoms with Crippen molar-refractivity contribution in [2.24, 2.45) is 16.7 Å². The topological polar surface area (TPSA) is 224 Å². The molecule has 2 saturated carbocycles. The number of alkyl carbamates (subject to hydrolysis) is 1. The van der Waals surface area contributed by atoms with Crippen molar-refractivity contribution in [2.75, 3.05) is 6.61 Å². The number of benzene rings is 2. The summed E-state index contributed by atoms with van der Waals surface area (Å²) >= 11 is 0. The lowest BCUT2D eigenvalue weighted by Crippen LogP contribution is -2.81. The van der Waals surface area contributed by atoms with Crippen LogP contribution in [0, 0.1) is 16.7 Å². The molecule has 58 heavy (non-hydrogen) atoms. The summed E-state index contributed by atoms with van der Waals surface area (Å²) in [5.74, 6) is -6.67. The van der Waals surface area contributed by atoms with Gasteiger partial charge in [0, 0.05) is 25.2 Å². The lowest BCUT2D eigenvalue weighted by Gasteiger charge is -2.67. The zero-order valence-electron chi connectivity index (χ0n) is 38.5. The highest BCUT2D eigenvalue weighted by atomic mass is 16.6. The van der Waals surface area contributed by atoms with Crippen LogP contribution < -0.4 is 5.32 Å². The normalized spacial score (nSPS) is 34.9. The summed E-state index contributed by atoms with van der Waals surface area (Å²) in [6.45, 7) is 10.9. The highest BCUT2D eigenvalue weighted by Crippen LogP contribution is 2.64. The third kappa shape index (κ3) is 7.10. The molecule has 0 radical (unpaired) electrons.